The van der Waals surface area contributed by atoms with Crippen LogP contribution in [0.4, 0.5) is 0 Å². The van der Waals surface area contributed by atoms with Crippen LogP contribution in [-0.4, -0.2) is 37.2 Å². The highest BCUT2D eigenvalue weighted by molar-refractivity contribution is 5.71. The van der Waals surface area contributed by atoms with Crippen LogP contribution in [0.25, 0.3) is 0 Å². The molecular formula is C67H106O6. The average Bonchev–Trinajstić information content (AvgIpc) is 3.39. The van der Waals surface area contributed by atoms with Crippen LogP contribution in [0.1, 0.15) is 239 Å². The van der Waals surface area contributed by atoms with E-state index in [-0.39, 0.29) is 31.1 Å². The number of carbonyl (C=O) groups excluding carboxylic acids is 3. The third-order valence-corrected chi connectivity index (χ3v) is 11.8. The molecule has 6 heteroatoms. The number of allylic oxidation sites excluding steroid dienone is 24. The minimum Gasteiger partial charge on any atom is -0.462 e. The van der Waals surface area contributed by atoms with Crippen molar-refractivity contribution in [1.29, 1.82) is 0 Å². The lowest BCUT2D eigenvalue weighted by Gasteiger charge is -2.18. The molecule has 1 unspecified atom stereocenters. The van der Waals surface area contributed by atoms with Crippen LogP contribution in [0.5, 0.6) is 0 Å². The van der Waals surface area contributed by atoms with Gasteiger partial charge in [-0.1, -0.05) is 244 Å². The molecule has 6 nitrogen and oxygen atoms in total. The molecule has 0 aromatic carbocycles. The van der Waals surface area contributed by atoms with E-state index in [0.717, 1.165) is 173 Å². The summed E-state index contributed by atoms with van der Waals surface area (Å²) in [6.07, 6.45) is 86.0. The van der Waals surface area contributed by atoms with Crippen molar-refractivity contribution in [2.75, 3.05) is 13.2 Å². The second kappa shape index (κ2) is 59.8. The normalized spacial score (nSPS) is 13.2. The van der Waals surface area contributed by atoms with Gasteiger partial charge in [-0.05, 0) is 122 Å². The monoisotopic (exact) mass is 1010 g/mol. The largest absolute Gasteiger partial charge is 0.462 e. The Balaban J connectivity index is 4.15. The molecule has 0 saturated carbocycles. The SMILES string of the molecule is CC/C=C\C/C=C\C/C=C\C/C=C\C/C=C\C/C=C\C/C=C\C/C=C\C/C=C\CCCCCCCC(=O)OCC(COC(=O)CCCCCCC)OC(=O)CCCCCCCCC/C=C\C/C=C\C/C=C\CC. The quantitative estimate of drug-likeness (QED) is 0.0261. The van der Waals surface area contributed by atoms with Crippen LogP contribution < -0.4 is 0 Å². The standard InChI is InChI=1S/C67H106O6/c1-4-7-10-13-15-17-19-21-23-25-26-27-28-29-30-31-32-33-34-35-36-37-38-39-40-42-43-45-47-49-51-54-57-60-66(69)72-63-64(62-71-65(68)59-56-53-12-9-6-3)73-67(70)61-58-55-52-50-48-46-44-41-24-22-20-18-16-14-11-8-5-2/h7-8,10-11,15-18,21-24,26-27,29-30,32-33,35-36,38-39,42-43,64H,4-6,9,12-14,19-20,25,28,31,34,37,40-41,44-63H2,1-3H3/b10-7-,11-8-,17-15-,18-16-,23-21-,24-22-,27-26-,30-29-,33-32-,36-35-,39-38-,43-42-. The Morgan fingerprint density at radius 1 is 0.288 bits per heavy atom. The van der Waals surface area contributed by atoms with E-state index in [0.29, 0.717) is 19.3 Å². The maximum atomic E-state index is 12.8. The number of hydrogen-bond acceptors (Lipinski definition) is 6. The lowest BCUT2D eigenvalue weighted by molar-refractivity contribution is -0.167. The van der Waals surface area contributed by atoms with E-state index in [9.17, 15) is 14.4 Å². The molecule has 0 rings (SSSR count). The summed E-state index contributed by atoms with van der Waals surface area (Å²) >= 11 is 0. The van der Waals surface area contributed by atoms with Gasteiger partial charge >= 0.3 is 17.9 Å². The maximum Gasteiger partial charge on any atom is 0.306 e. The molecule has 0 N–H and O–H groups in total. The fraction of sp³-hybridized carbons (Fsp3) is 0.597. The molecule has 0 aliphatic carbocycles. The zero-order valence-electron chi connectivity index (χ0n) is 46.8. The van der Waals surface area contributed by atoms with Gasteiger partial charge < -0.3 is 14.2 Å². The van der Waals surface area contributed by atoms with Crippen LogP contribution in [0, 0.1) is 0 Å². The summed E-state index contributed by atoms with van der Waals surface area (Å²) in [5.74, 6) is -0.944. The highest BCUT2D eigenvalue weighted by atomic mass is 16.6. The minimum atomic E-state index is -0.793. The van der Waals surface area contributed by atoms with Crippen LogP contribution >= 0.6 is 0 Å². The predicted molar refractivity (Wildman–Crippen MR) is 315 cm³/mol. The Morgan fingerprint density at radius 2 is 0.534 bits per heavy atom. The predicted octanol–water partition coefficient (Wildman–Crippen LogP) is 20.0. The topological polar surface area (TPSA) is 78.9 Å². The summed E-state index contributed by atoms with van der Waals surface area (Å²) in [4.78, 5) is 37.8. The Bertz CT molecular complexity index is 1630. The first kappa shape index (κ1) is 68.3. The molecule has 0 saturated heterocycles. The van der Waals surface area contributed by atoms with Gasteiger partial charge in [0.05, 0.1) is 0 Å². The Kier molecular flexibility index (Phi) is 56.0. The van der Waals surface area contributed by atoms with Crippen molar-refractivity contribution in [2.45, 2.75) is 245 Å². The van der Waals surface area contributed by atoms with Gasteiger partial charge in [0.1, 0.15) is 13.2 Å². The Hall–Kier alpha value is -4.71. The summed E-state index contributed by atoms with van der Waals surface area (Å²) in [6.45, 7) is 6.29. The van der Waals surface area contributed by atoms with Crippen molar-refractivity contribution in [1.82, 2.24) is 0 Å². The molecule has 0 aromatic rings. The molecule has 0 bridgehead atoms. The van der Waals surface area contributed by atoms with Gasteiger partial charge in [-0.2, -0.15) is 0 Å². The molecule has 0 fully saturated rings. The van der Waals surface area contributed by atoms with Crippen molar-refractivity contribution in [3.63, 3.8) is 0 Å². The van der Waals surface area contributed by atoms with Gasteiger partial charge in [0.15, 0.2) is 6.10 Å². The zero-order valence-corrected chi connectivity index (χ0v) is 46.8. The third-order valence-electron chi connectivity index (χ3n) is 11.8. The van der Waals surface area contributed by atoms with E-state index < -0.39 is 6.10 Å². The van der Waals surface area contributed by atoms with E-state index in [4.69, 9.17) is 14.2 Å². The smallest absolute Gasteiger partial charge is 0.306 e. The van der Waals surface area contributed by atoms with Gasteiger partial charge in [-0.15, -0.1) is 0 Å². The molecular weight excluding hydrogens is 901 g/mol. The molecule has 0 aliphatic rings. The van der Waals surface area contributed by atoms with Crippen molar-refractivity contribution < 1.29 is 28.6 Å². The first-order chi connectivity index (χ1) is 36.0. The van der Waals surface area contributed by atoms with Crippen LogP contribution in [0.2, 0.25) is 0 Å². The number of hydrogen-bond donors (Lipinski definition) is 0. The molecule has 0 amide bonds. The number of esters is 3. The minimum absolute atomic E-state index is 0.0935. The summed E-state index contributed by atoms with van der Waals surface area (Å²) in [5.41, 5.74) is 0. The summed E-state index contributed by atoms with van der Waals surface area (Å²) in [7, 11) is 0. The number of unbranched alkanes of at least 4 members (excludes halogenated alkanes) is 16. The summed E-state index contributed by atoms with van der Waals surface area (Å²) < 4.78 is 16.7. The van der Waals surface area contributed by atoms with Crippen molar-refractivity contribution in [3.05, 3.63) is 146 Å². The van der Waals surface area contributed by atoms with Crippen molar-refractivity contribution >= 4 is 17.9 Å². The van der Waals surface area contributed by atoms with Crippen LogP contribution in [0.15, 0.2) is 146 Å². The van der Waals surface area contributed by atoms with E-state index in [2.05, 4.69) is 167 Å². The van der Waals surface area contributed by atoms with Gasteiger partial charge in [0, 0.05) is 19.3 Å². The van der Waals surface area contributed by atoms with Crippen LogP contribution in [-0.2, 0) is 28.6 Å². The summed E-state index contributed by atoms with van der Waals surface area (Å²) in [5, 5.41) is 0. The van der Waals surface area contributed by atoms with Crippen molar-refractivity contribution in [3.8, 4) is 0 Å². The number of ether oxygens (including phenoxy) is 3. The van der Waals surface area contributed by atoms with E-state index in [1.54, 1.807) is 0 Å². The zero-order chi connectivity index (χ0) is 52.9. The van der Waals surface area contributed by atoms with Crippen molar-refractivity contribution in [2.24, 2.45) is 0 Å². The molecule has 0 aliphatic heterocycles. The number of carbonyl (C=O) groups is 3. The average molecular weight is 1010 g/mol. The molecule has 0 aromatic heterocycles. The van der Waals surface area contributed by atoms with E-state index in [1.165, 1.54) is 25.7 Å². The maximum absolute atomic E-state index is 12.8. The second-order valence-electron chi connectivity index (χ2n) is 18.8. The Morgan fingerprint density at radius 3 is 0.836 bits per heavy atom. The second-order valence-corrected chi connectivity index (χ2v) is 18.8. The fourth-order valence-corrected chi connectivity index (χ4v) is 7.51. The Labute approximate surface area is 448 Å². The first-order valence-corrected chi connectivity index (χ1v) is 29.3. The van der Waals surface area contributed by atoms with E-state index >= 15 is 0 Å². The lowest BCUT2D eigenvalue weighted by Crippen LogP contribution is -2.30. The van der Waals surface area contributed by atoms with Crippen LogP contribution in [0.3, 0.4) is 0 Å². The number of rotatable bonds is 51. The summed E-state index contributed by atoms with van der Waals surface area (Å²) in [6, 6.07) is 0. The molecule has 410 valence electrons. The third kappa shape index (κ3) is 58.1. The van der Waals surface area contributed by atoms with E-state index in [1.807, 2.05) is 0 Å². The first-order valence-electron chi connectivity index (χ1n) is 29.3. The lowest BCUT2D eigenvalue weighted by atomic mass is 10.1. The molecule has 0 heterocycles. The highest BCUT2D eigenvalue weighted by Crippen LogP contribution is 2.13. The fourth-order valence-electron chi connectivity index (χ4n) is 7.51. The van der Waals surface area contributed by atoms with Gasteiger partial charge in [0.2, 0.25) is 0 Å². The van der Waals surface area contributed by atoms with Gasteiger partial charge in [0.25, 0.3) is 0 Å². The van der Waals surface area contributed by atoms with Gasteiger partial charge in [-0.3, -0.25) is 14.4 Å². The molecule has 0 radical (unpaired) electrons. The highest BCUT2D eigenvalue weighted by Gasteiger charge is 2.19. The molecule has 73 heavy (non-hydrogen) atoms. The molecule has 1 atom stereocenters. The molecule has 0 spiro atoms. The van der Waals surface area contributed by atoms with Gasteiger partial charge in [-0.25, -0.2) is 0 Å².